The van der Waals surface area contributed by atoms with Crippen molar-refractivity contribution in [1.29, 1.82) is 0 Å². The Balaban J connectivity index is 2.20. The number of carbonyl (C=O) groups excluding carboxylic acids is 1. The van der Waals surface area contributed by atoms with Crippen LogP contribution in [0.25, 0.3) is 0 Å². The number of amides is 1. The number of nitrogens with one attached hydrogen (secondary N) is 1. The molecule has 0 radical (unpaired) electrons. The molecule has 104 valence electrons. The second kappa shape index (κ2) is 6.20. The van der Waals surface area contributed by atoms with Gasteiger partial charge in [0, 0.05) is 6.21 Å². The largest absolute Gasteiger partial charge is 0.478 e. The first-order valence-electron chi connectivity index (χ1n) is 5.70. The summed E-state index contributed by atoms with van der Waals surface area (Å²) in [5.74, 6) is -0.402. The molecule has 7 nitrogen and oxygen atoms in total. The lowest BCUT2D eigenvalue weighted by Gasteiger charge is -2.03. The fourth-order valence-corrected chi connectivity index (χ4v) is 2.13. The predicted octanol–water partition coefficient (Wildman–Crippen LogP) is 0.916. The Kier molecular flexibility index (Phi) is 4.36. The Morgan fingerprint density at radius 1 is 1.50 bits per heavy atom. The van der Waals surface area contributed by atoms with E-state index in [4.69, 9.17) is 9.94 Å². The molecule has 0 spiro atoms. The van der Waals surface area contributed by atoms with Gasteiger partial charge in [0.15, 0.2) is 5.75 Å². The van der Waals surface area contributed by atoms with Gasteiger partial charge in [-0.05, 0) is 43.0 Å². The number of hydrazone groups is 1. The van der Waals surface area contributed by atoms with Crippen LogP contribution in [0.4, 0.5) is 0 Å². The first-order chi connectivity index (χ1) is 9.60. The summed E-state index contributed by atoms with van der Waals surface area (Å²) in [7, 11) is 0. The third-order valence-corrected chi connectivity index (χ3v) is 3.21. The van der Waals surface area contributed by atoms with E-state index in [1.807, 2.05) is 0 Å². The number of thioether (sulfide) groups is 1. The minimum Gasteiger partial charge on any atom is -0.478 e. The van der Waals surface area contributed by atoms with E-state index in [1.165, 1.54) is 47.1 Å². The van der Waals surface area contributed by atoms with Crippen molar-refractivity contribution in [2.24, 2.45) is 5.10 Å². The van der Waals surface area contributed by atoms with Gasteiger partial charge in [-0.2, -0.15) is 5.32 Å². The number of hydrogen-bond acceptors (Lipinski definition) is 5. The Morgan fingerprint density at radius 3 is 2.70 bits per heavy atom. The molecule has 1 amide bonds. The number of carbonyl (C=O) groups is 2. The van der Waals surface area contributed by atoms with Crippen LogP contribution in [0, 0.1) is 0 Å². The van der Waals surface area contributed by atoms with Crippen LogP contribution in [0.3, 0.4) is 0 Å². The van der Waals surface area contributed by atoms with Gasteiger partial charge in [0.2, 0.25) is 0 Å². The quantitative estimate of drug-likeness (QED) is 0.489. The molecule has 0 aromatic heterocycles. The van der Waals surface area contributed by atoms with Crippen molar-refractivity contribution in [3.63, 3.8) is 0 Å². The van der Waals surface area contributed by atoms with Gasteiger partial charge in [-0.25, -0.2) is 9.59 Å². The van der Waals surface area contributed by atoms with Crippen LogP contribution in [0.15, 0.2) is 29.4 Å². The van der Waals surface area contributed by atoms with E-state index >= 15 is 0 Å². The van der Waals surface area contributed by atoms with Crippen molar-refractivity contribution in [2.75, 3.05) is 5.75 Å². The lowest BCUT2D eigenvalue weighted by Crippen LogP contribution is -2.29. The fraction of sp³-hybridized carbons (Fsp3) is 0.167. The minimum atomic E-state index is -1.01. The average molecular weight is 294 g/mol. The topological polar surface area (TPSA) is 91.0 Å². The maximum atomic E-state index is 11.2. The van der Waals surface area contributed by atoms with Crippen molar-refractivity contribution < 1.29 is 24.4 Å². The summed E-state index contributed by atoms with van der Waals surface area (Å²) in [4.78, 5) is 28.6. The number of rotatable bonds is 4. The smallest absolute Gasteiger partial charge is 0.383 e. The number of carboxylic acids is 1. The van der Waals surface area contributed by atoms with Crippen molar-refractivity contribution in [2.45, 2.75) is 6.92 Å². The monoisotopic (exact) mass is 294 g/mol. The van der Waals surface area contributed by atoms with E-state index in [9.17, 15) is 9.59 Å². The predicted molar refractivity (Wildman–Crippen MR) is 74.1 cm³/mol. The standard InChI is InChI=1S/C12H11N3O4S/c1-2-13-15(12-14-10(16)7-20-12)19-9-5-3-8(4-6-9)11(17)18/h2-6H,7H2,1H3,(H,17,18)/p+1. The van der Waals surface area contributed by atoms with Gasteiger partial charge < -0.3 is 5.11 Å². The van der Waals surface area contributed by atoms with E-state index < -0.39 is 5.97 Å². The molecule has 1 aromatic carbocycles. The summed E-state index contributed by atoms with van der Waals surface area (Å²) >= 11 is 1.27. The molecule has 1 saturated heterocycles. The lowest BCUT2D eigenvalue weighted by atomic mass is 10.2. The molecule has 0 saturated carbocycles. The molecule has 1 aliphatic heterocycles. The molecule has 2 rings (SSSR count). The van der Waals surface area contributed by atoms with Crippen LogP contribution in [-0.4, -0.2) is 39.0 Å². The Hall–Kier alpha value is -2.35. The Bertz CT molecular complexity index is 595. The Labute approximate surface area is 118 Å². The van der Waals surface area contributed by atoms with Gasteiger partial charge in [0.25, 0.3) is 0 Å². The number of aromatic carboxylic acids is 1. The molecule has 0 aliphatic carbocycles. The van der Waals surface area contributed by atoms with Crippen molar-refractivity contribution >= 4 is 35.0 Å². The highest BCUT2D eigenvalue weighted by atomic mass is 32.2. The van der Waals surface area contributed by atoms with Crippen LogP contribution in [0.2, 0.25) is 0 Å². The third kappa shape index (κ3) is 3.35. The lowest BCUT2D eigenvalue weighted by molar-refractivity contribution is -0.748. The summed E-state index contributed by atoms with van der Waals surface area (Å²) < 4.78 is 0. The molecule has 0 atom stereocenters. The van der Waals surface area contributed by atoms with Crippen LogP contribution in [0.5, 0.6) is 5.75 Å². The van der Waals surface area contributed by atoms with Crippen molar-refractivity contribution in [3.05, 3.63) is 29.8 Å². The highest BCUT2D eigenvalue weighted by Crippen LogP contribution is 2.15. The highest BCUT2D eigenvalue weighted by Gasteiger charge is 2.29. The Morgan fingerprint density at radius 2 is 2.20 bits per heavy atom. The van der Waals surface area contributed by atoms with Gasteiger partial charge in [-0.15, -0.1) is 0 Å². The zero-order valence-corrected chi connectivity index (χ0v) is 11.4. The molecule has 1 heterocycles. The number of benzene rings is 1. The molecule has 0 unspecified atom stereocenters. The first kappa shape index (κ1) is 14.1. The van der Waals surface area contributed by atoms with Gasteiger partial charge in [-0.1, -0.05) is 5.10 Å². The molecule has 0 bridgehead atoms. The third-order valence-electron chi connectivity index (χ3n) is 2.27. The maximum Gasteiger partial charge on any atom is 0.383 e. The van der Waals surface area contributed by atoms with Gasteiger partial charge in [-0.3, -0.25) is 4.84 Å². The normalized spacial score (nSPS) is 17.1. The van der Waals surface area contributed by atoms with Gasteiger partial charge in [0.05, 0.1) is 10.4 Å². The molecular weight excluding hydrogens is 282 g/mol. The summed E-state index contributed by atoms with van der Waals surface area (Å²) in [6, 6.07) is 5.89. The van der Waals surface area contributed by atoms with Crippen LogP contribution < -0.4 is 10.2 Å². The zero-order chi connectivity index (χ0) is 14.5. The van der Waals surface area contributed by atoms with Crippen LogP contribution >= 0.6 is 11.8 Å². The highest BCUT2D eigenvalue weighted by molar-refractivity contribution is 8.14. The summed E-state index contributed by atoms with van der Waals surface area (Å²) in [5.41, 5.74) is 0.166. The average Bonchev–Trinajstić information content (AvgIpc) is 2.85. The maximum absolute atomic E-state index is 11.2. The molecule has 1 aliphatic rings. The number of carboxylic acid groups (broad SMARTS) is 1. The molecule has 20 heavy (non-hydrogen) atoms. The molecule has 1 fully saturated rings. The van der Waals surface area contributed by atoms with Gasteiger partial charge in [0.1, 0.15) is 5.75 Å². The van der Waals surface area contributed by atoms with E-state index in [2.05, 4.69) is 10.4 Å². The van der Waals surface area contributed by atoms with E-state index in [0.717, 1.165) is 0 Å². The minimum absolute atomic E-state index is 0.119. The number of nitrogens with zero attached hydrogens (tertiary/aromatic N) is 2. The second-order valence-corrected chi connectivity index (χ2v) is 4.67. The van der Waals surface area contributed by atoms with E-state index in [1.54, 1.807) is 6.92 Å². The second-order valence-electron chi connectivity index (χ2n) is 3.71. The van der Waals surface area contributed by atoms with Crippen molar-refractivity contribution in [1.82, 2.24) is 5.32 Å². The number of amidine groups is 1. The molecular formula is C12H12N3O4S+. The van der Waals surface area contributed by atoms with E-state index in [0.29, 0.717) is 16.7 Å². The van der Waals surface area contributed by atoms with E-state index in [-0.39, 0.29) is 11.5 Å². The summed E-state index contributed by atoms with van der Waals surface area (Å²) in [6.07, 6.45) is 1.52. The SMILES string of the molecule is CC=N[N+](Oc1ccc(C(=O)O)cc1)=C1NC(=O)CS1. The first-order valence-corrected chi connectivity index (χ1v) is 6.68. The molecule has 2 N–H and O–H groups in total. The van der Waals surface area contributed by atoms with Crippen molar-refractivity contribution in [3.8, 4) is 5.75 Å². The summed E-state index contributed by atoms with van der Waals surface area (Å²) in [6.45, 7) is 1.71. The fourth-order valence-electron chi connectivity index (χ4n) is 1.41. The summed E-state index contributed by atoms with van der Waals surface area (Å²) in [5, 5.41) is 15.9. The van der Waals surface area contributed by atoms with Gasteiger partial charge >= 0.3 is 17.0 Å². The molecule has 8 heteroatoms. The van der Waals surface area contributed by atoms with Crippen LogP contribution in [-0.2, 0) is 4.79 Å². The number of hydrogen-bond donors (Lipinski definition) is 2. The van der Waals surface area contributed by atoms with Crippen LogP contribution in [0.1, 0.15) is 17.3 Å². The molecule has 1 aromatic rings. The zero-order valence-electron chi connectivity index (χ0n) is 10.6.